The highest BCUT2D eigenvalue weighted by atomic mass is 16.7. The monoisotopic (exact) mass is 402 g/mol. The van der Waals surface area contributed by atoms with Gasteiger partial charge in [0.1, 0.15) is 6.61 Å². The number of ether oxygens (including phenoxy) is 3. The molecule has 0 atom stereocenters. The minimum Gasteiger partial charge on any atom is -0.454 e. The van der Waals surface area contributed by atoms with Crippen molar-refractivity contribution in [2.75, 3.05) is 39.6 Å². The van der Waals surface area contributed by atoms with Crippen LogP contribution >= 0.6 is 0 Å². The van der Waals surface area contributed by atoms with E-state index >= 15 is 0 Å². The number of rotatable bonds is 7. The molecule has 2 heterocycles. The summed E-state index contributed by atoms with van der Waals surface area (Å²) >= 11 is 0. The van der Waals surface area contributed by atoms with E-state index in [0.717, 1.165) is 42.7 Å². The van der Waals surface area contributed by atoms with Gasteiger partial charge in [-0.2, -0.15) is 0 Å². The Hall–Kier alpha value is -2.28. The van der Waals surface area contributed by atoms with Gasteiger partial charge in [-0.3, -0.25) is 9.59 Å². The second kappa shape index (κ2) is 9.48. The van der Waals surface area contributed by atoms with E-state index < -0.39 is 0 Å². The highest BCUT2D eigenvalue weighted by molar-refractivity contribution is 5.79. The SMILES string of the molecule is O=C(CCCc1ccc2c(c1)OCO2)N1CCN(C(=O)COC2CCCC2)CC1. The number of fused-ring (bicyclic) bond motifs is 1. The number of hydrogen-bond acceptors (Lipinski definition) is 5. The van der Waals surface area contributed by atoms with Gasteiger partial charge in [0.05, 0.1) is 6.10 Å². The fourth-order valence-electron chi connectivity index (χ4n) is 4.24. The van der Waals surface area contributed by atoms with Gasteiger partial charge in [-0.25, -0.2) is 0 Å². The molecule has 158 valence electrons. The third-order valence-corrected chi connectivity index (χ3v) is 6.02. The summed E-state index contributed by atoms with van der Waals surface area (Å²) in [6, 6.07) is 5.94. The van der Waals surface area contributed by atoms with E-state index in [1.165, 1.54) is 12.8 Å². The van der Waals surface area contributed by atoms with Crippen LogP contribution in [0.5, 0.6) is 11.5 Å². The highest BCUT2D eigenvalue weighted by Gasteiger charge is 2.25. The molecule has 2 fully saturated rings. The molecule has 2 aliphatic heterocycles. The standard InChI is InChI=1S/C22H30N2O5/c25-21(7-3-4-17-8-9-19-20(14-17)29-16-28-19)23-10-12-24(13-11-23)22(26)15-27-18-5-1-2-6-18/h8-9,14,18H,1-7,10-13,15-16H2. The first-order valence-electron chi connectivity index (χ1n) is 10.7. The van der Waals surface area contributed by atoms with E-state index in [-0.39, 0.29) is 31.3 Å². The minimum atomic E-state index is 0.0480. The lowest BCUT2D eigenvalue weighted by atomic mass is 10.1. The minimum absolute atomic E-state index is 0.0480. The molecule has 0 N–H and O–H groups in total. The van der Waals surface area contributed by atoms with Crippen LogP contribution in [0.15, 0.2) is 18.2 Å². The number of carbonyl (C=O) groups is 2. The molecule has 0 spiro atoms. The van der Waals surface area contributed by atoms with Crippen molar-refractivity contribution in [1.82, 2.24) is 9.80 Å². The molecular weight excluding hydrogens is 372 g/mol. The van der Waals surface area contributed by atoms with Crippen molar-refractivity contribution in [3.05, 3.63) is 23.8 Å². The number of amides is 2. The van der Waals surface area contributed by atoms with Gasteiger partial charge in [0.15, 0.2) is 11.5 Å². The summed E-state index contributed by atoms with van der Waals surface area (Å²) in [6.07, 6.45) is 6.96. The maximum absolute atomic E-state index is 12.5. The van der Waals surface area contributed by atoms with Crippen molar-refractivity contribution in [2.45, 2.75) is 51.0 Å². The molecule has 2 amide bonds. The van der Waals surface area contributed by atoms with Crippen molar-refractivity contribution in [3.8, 4) is 11.5 Å². The van der Waals surface area contributed by atoms with E-state index in [0.29, 0.717) is 32.6 Å². The lowest BCUT2D eigenvalue weighted by molar-refractivity contribution is -0.143. The number of piperazine rings is 1. The van der Waals surface area contributed by atoms with Crippen LogP contribution in [0.4, 0.5) is 0 Å². The van der Waals surface area contributed by atoms with E-state index in [9.17, 15) is 9.59 Å². The van der Waals surface area contributed by atoms with Gasteiger partial charge in [-0.05, 0) is 43.4 Å². The molecule has 29 heavy (non-hydrogen) atoms. The molecule has 1 saturated heterocycles. The number of benzene rings is 1. The lowest BCUT2D eigenvalue weighted by Crippen LogP contribution is -2.51. The Balaban J connectivity index is 1.14. The molecule has 7 heteroatoms. The molecular formula is C22H30N2O5. The third-order valence-electron chi connectivity index (χ3n) is 6.02. The van der Waals surface area contributed by atoms with Crippen LogP contribution in [0.25, 0.3) is 0 Å². The maximum Gasteiger partial charge on any atom is 0.248 e. The van der Waals surface area contributed by atoms with Gasteiger partial charge in [0, 0.05) is 32.6 Å². The van der Waals surface area contributed by atoms with Crippen molar-refractivity contribution >= 4 is 11.8 Å². The Labute approximate surface area is 171 Å². The van der Waals surface area contributed by atoms with Gasteiger partial charge in [0.2, 0.25) is 18.6 Å². The predicted molar refractivity (Wildman–Crippen MR) is 107 cm³/mol. The Bertz CT molecular complexity index is 724. The molecule has 1 aromatic carbocycles. The van der Waals surface area contributed by atoms with E-state index in [4.69, 9.17) is 14.2 Å². The fraction of sp³-hybridized carbons (Fsp3) is 0.636. The predicted octanol–water partition coefficient (Wildman–Crippen LogP) is 2.37. The van der Waals surface area contributed by atoms with Gasteiger partial charge >= 0.3 is 0 Å². The third kappa shape index (κ3) is 5.21. The average Bonchev–Trinajstić information content (AvgIpc) is 3.43. The van der Waals surface area contributed by atoms with E-state index in [2.05, 4.69) is 0 Å². The number of hydrogen-bond donors (Lipinski definition) is 0. The Morgan fingerprint density at radius 1 is 0.966 bits per heavy atom. The molecule has 0 unspecified atom stereocenters. The summed E-state index contributed by atoms with van der Waals surface area (Å²) in [4.78, 5) is 28.5. The zero-order valence-electron chi connectivity index (χ0n) is 16.9. The lowest BCUT2D eigenvalue weighted by Gasteiger charge is -2.35. The first kappa shape index (κ1) is 20.0. The van der Waals surface area contributed by atoms with Crippen LogP contribution < -0.4 is 9.47 Å². The van der Waals surface area contributed by atoms with Crippen LogP contribution in [0, 0.1) is 0 Å². The zero-order valence-corrected chi connectivity index (χ0v) is 16.9. The summed E-state index contributed by atoms with van der Waals surface area (Å²) in [5, 5.41) is 0. The maximum atomic E-state index is 12.5. The summed E-state index contributed by atoms with van der Waals surface area (Å²) in [5.41, 5.74) is 1.15. The van der Waals surface area contributed by atoms with Crippen LogP contribution in [-0.2, 0) is 20.7 Å². The molecule has 4 rings (SSSR count). The molecule has 0 radical (unpaired) electrons. The summed E-state index contributed by atoms with van der Waals surface area (Å²) in [6.45, 7) is 2.87. The van der Waals surface area contributed by atoms with Crippen LogP contribution in [0.1, 0.15) is 44.1 Å². The van der Waals surface area contributed by atoms with Crippen molar-refractivity contribution < 1.29 is 23.8 Å². The van der Waals surface area contributed by atoms with Crippen molar-refractivity contribution in [3.63, 3.8) is 0 Å². The zero-order chi connectivity index (χ0) is 20.1. The smallest absolute Gasteiger partial charge is 0.248 e. The average molecular weight is 402 g/mol. The topological polar surface area (TPSA) is 68.3 Å². The summed E-state index contributed by atoms with van der Waals surface area (Å²) < 4.78 is 16.4. The van der Waals surface area contributed by atoms with E-state index in [1.807, 2.05) is 28.0 Å². The normalized spacial score (nSPS) is 19.0. The van der Waals surface area contributed by atoms with Gasteiger partial charge < -0.3 is 24.0 Å². The second-order valence-corrected chi connectivity index (χ2v) is 8.02. The second-order valence-electron chi connectivity index (χ2n) is 8.02. The largest absolute Gasteiger partial charge is 0.454 e. The Kier molecular flexibility index (Phi) is 6.54. The fourth-order valence-corrected chi connectivity index (χ4v) is 4.24. The number of aryl methyl sites for hydroxylation is 1. The first-order chi connectivity index (χ1) is 14.2. The van der Waals surface area contributed by atoms with Crippen LogP contribution in [0.3, 0.4) is 0 Å². The van der Waals surface area contributed by atoms with Crippen molar-refractivity contribution in [1.29, 1.82) is 0 Å². The molecule has 1 aliphatic carbocycles. The molecule has 1 saturated carbocycles. The molecule has 3 aliphatic rings. The molecule has 7 nitrogen and oxygen atoms in total. The summed E-state index contributed by atoms with van der Waals surface area (Å²) in [5.74, 6) is 1.78. The first-order valence-corrected chi connectivity index (χ1v) is 10.7. The van der Waals surface area contributed by atoms with Crippen molar-refractivity contribution in [2.24, 2.45) is 0 Å². The number of nitrogens with zero attached hydrogens (tertiary/aromatic N) is 2. The summed E-state index contributed by atoms with van der Waals surface area (Å²) in [7, 11) is 0. The van der Waals surface area contributed by atoms with Gasteiger partial charge in [-0.1, -0.05) is 18.9 Å². The van der Waals surface area contributed by atoms with Crippen LogP contribution in [-0.4, -0.2) is 67.3 Å². The van der Waals surface area contributed by atoms with Crippen LogP contribution in [0.2, 0.25) is 0 Å². The Morgan fingerprint density at radius 3 is 2.41 bits per heavy atom. The molecule has 0 bridgehead atoms. The van der Waals surface area contributed by atoms with E-state index in [1.54, 1.807) is 0 Å². The quantitative estimate of drug-likeness (QED) is 0.700. The Morgan fingerprint density at radius 2 is 1.66 bits per heavy atom. The molecule has 0 aromatic heterocycles. The highest BCUT2D eigenvalue weighted by Crippen LogP contribution is 2.32. The van der Waals surface area contributed by atoms with Gasteiger partial charge in [-0.15, -0.1) is 0 Å². The number of carbonyl (C=O) groups excluding carboxylic acids is 2. The molecule has 1 aromatic rings. The van der Waals surface area contributed by atoms with Gasteiger partial charge in [0.25, 0.3) is 0 Å².